The van der Waals surface area contributed by atoms with Crippen LogP contribution in [0, 0.1) is 11.8 Å². The third-order valence-corrected chi connectivity index (χ3v) is 11.2. The van der Waals surface area contributed by atoms with E-state index in [1.165, 1.54) is 0 Å². The molecule has 1 saturated carbocycles. The van der Waals surface area contributed by atoms with Crippen LogP contribution in [0.2, 0.25) is 0 Å². The molecule has 1 aliphatic carbocycles. The van der Waals surface area contributed by atoms with Gasteiger partial charge in [0.05, 0.1) is 24.9 Å². The summed E-state index contributed by atoms with van der Waals surface area (Å²) in [5.41, 5.74) is 0.866. The monoisotopic (exact) mass is 708 g/mol. The largest absolute Gasteiger partial charge is 0.497 e. The number of pyridine rings is 1. The molecule has 2 N–H and O–H groups in total. The smallest absolute Gasteiger partial charge is 0.330 e. The summed E-state index contributed by atoms with van der Waals surface area (Å²) in [6.45, 7) is 1.52. The van der Waals surface area contributed by atoms with Gasteiger partial charge in [-0.3, -0.25) is 14.4 Å². The minimum atomic E-state index is -1.41. The van der Waals surface area contributed by atoms with E-state index in [1.807, 2.05) is 71.6 Å². The lowest BCUT2D eigenvalue weighted by Crippen LogP contribution is -2.54. The number of carboxylic acids is 1. The number of piperidine rings is 1. The molecule has 11 nitrogen and oxygen atoms in total. The third kappa shape index (κ3) is 7.49. The first-order valence-electron chi connectivity index (χ1n) is 18.8. The van der Waals surface area contributed by atoms with Gasteiger partial charge >= 0.3 is 5.97 Å². The summed E-state index contributed by atoms with van der Waals surface area (Å²) in [7, 11) is 1.60. The number of carbonyl (C=O) groups excluding carboxylic acids is 3. The number of likely N-dealkylation sites (tertiary alicyclic amines) is 1. The molecule has 2 saturated heterocycles. The van der Waals surface area contributed by atoms with Crippen molar-refractivity contribution in [3.63, 3.8) is 0 Å². The van der Waals surface area contributed by atoms with Crippen molar-refractivity contribution in [2.45, 2.75) is 88.3 Å². The van der Waals surface area contributed by atoms with Gasteiger partial charge in [-0.15, -0.1) is 0 Å². The molecule has 3 aliphatic heterocycles. The van der Waals surface area contributed by atoms with Crippen LogP contribution in [-0.4, -0.2) is 88.0 Å². The summed E-state index contributed by atoms with van der Waals surface area (Å²) >= 11 is 0. The normalized spacial score (nSPS) is 27.4. The summed E-state index contributed by atoms with van der Waals surface area (Å²) in [6.07, 6.45) is 10.8. The van der Waals surface area contributed by atoms with Gasteiger partial charge in [-0.05, 0) is 57.1 Å². The molecular formula is C41H48N4O7. The van der Waals surface area contributed by atoms with E-state index in [9.17, 15) is 24.3 Å². The molecule has 0 bridgehead atoms. The molecule has 0 radical (unpaired) electrons. The highest BCUT2D eigenvalue weighted by Crippen LogP contribution is 2.45. The Morgan fingerprint density at radius 3 is 2.56 bits per heavy atom. The number of carbonyl (C=O) groups is 4. The van der Waals surface area contributed by atoms with Gasteiger partial charge in [0.1, 0.15) is 29.2 Å². The van der Waals surface area contributed by atoms with Gasteiger partial charge in [-0.1, -0.05) is 55.3 Å². The van der Waals surface area contributed by atoms with Crippen molar-refractivity contribution in [2.24, 2.45) is 11.8 Å². The van der Waals surface area contributed by atoms with Crippen LogP contribution in [-0.2, 0) is 19.2 Å². The number of hydrogen-bond acceptors (Lipinski definition) is 7. The molecule has 3 fully saturated rings. The van der Waals surface area contributed by atoms with E-state index in [2.05, 4.69) is 5.32 Å². The molecule has 11 heteroatoms. The van der Waals surface area contributed by atoms with Crippen LogP contribution in [0.15, 0.2) is 66.7 Å². The number of methoxy groups -OCH3 is 1. The number of carboxylic acid groups (broad SMARTS) is 1. The maximum Gasteiger partial charge on any atom is 0.330 e. The average molecular weight is 709 g/mol. The zero-order chi connectivity index (χ0) is 36.2. The Labute approximate surface area is 304 Å². The fourth-order valence-electron chi connectivity index (χ4n) is 8.10. The second-order valence-corrected chi connectivity index (χ2v) is 14.7. The topological polar surface area (TPSA) is 138 Å². The molecule has 52 heavy (non-hydrogen) atoms. The first-order valence-corrected chi connectivity index (χ1v) is 18.8. The second kappa shape index (κ2) is 15.4. The van der Waals surface area contributed by atoms with Gasteiger partial charge in [0, 0.05) is 60.8 Å². The Hall–Kier alpha value is -4.93. The highest BCUT2D eigenvalue weighted by Gasteiger charge is 2.61. The van der Waals surface area contributed by atoms with Crippen molar-refractivity contribution >= 4 is 34.6 Å². The van der Waals surface area contributed by atoms with Gasteiger partial charge in [0.15, 0.2) is 0 Å². The standard InChI is InChI=1S/C41H48N4O7/c1-51-30-17-18-32-34(22-30)42-33(27-13-8-5-9-14-27)24-36(32)52-31-23-35-38(47)43-41(40(49)50)25-29(41)16-10-4-2-3-7-15-28(39(48)45(35)26-31)21-37(46)44-19-11-6-12-20-44/h5,8-10,13-14,16-18,22,24,28-29,31,35H,2-4,6-7,11-12,15,19-21,23,25-26H2,1H3,(H,43,47)(H,49,50)/b16-10-/t28-,29+,31-,35+,41-/m1/s1. The fraction of sp³-hybridized carbons (Fsp3) is 0.488. The number of amides is 3. The maximum absolute atomic E-state index is 14.6. The lowest BCUT2D eigenvalue weighted by atomic mass is 9.94. The summed E-state index contributed by atoms with van der Waals surface area (Å²) in [5, 5.41) is 13.9. The molecule has 274 valence electrons. The highest BCUT2D eigenvalue weighted by atomic mass is 16.5. The third-order valence-electron chi connectivity index (χ3n) is 11.2. The summed E-state index contributed by atoms with van der Waals surface area (Å²) in [6, 6.07) is 16.2. The van der Waals surface area contributed by atoms with Crippen molar-refractivity contribution in [3.8, 4) is 22.8 Å². The highest BCUT2D eigenvalue weighted by molar-refractivity contribution is 5.96. The zero-order valence-corrected chi connectivity index (χ0v) is 29.8. The number of benzene rings is 2. The molecule has 7 rings (SSSR count). The van der Waals surface area contributed by atoms with Crippen molar-refractivity contribution in [1.29, 1.82) is 0 Å². The van der Waals surface area contributed by atoms with E-state index in [1.54, 1.807) is 12.0 Å². The Morgan fingerprint density at radius 1 is 1.00 bits per heavy atom. The minimum Gasteiger partial charge on any atom is -0.497 e. The summed E-state index contributed by atoms with van der Waals surface area (Å²) in [4.78, 5) is 63.2. The molecular weight excluding hydrogens is 660 g/mol. The van der Waals surface area contributed by atoms with E-state index < -0.39 is 35.5 Å². The Kier molecular flexibility index (Phi) is 10.5. The number of nitrogens with one attached hydrogen (secondary N) is 1. The van der Waals surface area contributed by atoms with E-state index in [0.717, 1.165) is 55.9 Å². The van der Waals surface area contributed by atoms with E-state index in [0.29, 0.717) is 48.6 Å². The van der Waals surface area contributed by atoms with Crippen molar-refractivity contribution in [3.05, 3.63) is 66.7 Å². The zero-order valence-electron chi connectivity index (χ0n) is 29.8. The lowest BCUT2D eigenvalue weighted by Gasteiger charge is -2.31. The molecule has 3 aromatic rings. The van der Waals surface area contributed by atoms with Crippen molar-refractivity contribution < 1.29 is 33.8 Å². The molecule has 4 heterocycles. The van der Waals surface area contributed by atoms with Gasteiger partial charge < -0.3 is 29.7 Å². The number of hydrogen-bond donors (Lipinski definition) is 2. The predicted octanol–water partition coefficient (Wildman–Crippen LogP) is 5.76. The lowest BCUT2D eigenvalue weighted by molar-refractivity contribution is -0.147. The van der Waals surface area contributed by atoms with Crippen LogP contribution in [0.3, 0.4) is 0 Å². The fourth-order valence-corrected chi connectivity index (χ4v) is 8.10. The number of aromatic nitrogens is 1. The molecule has 2 aromatic carbocycles. The maximum atomic E-state index is 14.6. The first kappa shape index (κ1) is 35.5. The number of ether oxygens (including phenoxy) is 2. The van der Waals surface area contributed by atoms with Crippen LogP contribution in [0.5, 0.6) is 11.5 Å². The van der Waals surface area contributed by atoms with Gasteiger partial charge in [0.2, 0.25) is 17.7 Å². The van der Waals surface area contributed by atoms with Crippen LogP contribution < -0.4 is 14.8 Å². The number of rotatable bonds is 7. The summed E-state index contributed by atoms with van der Waals surface area (Å²) < 4.78 is 12.2. The van der Waals surface area contributed by atoms with Crippen LogP contribution in [0.25, 0.3) is 22.2 Å². The predicted molar refractivity (Wildman–Crippen MR) is 196 cm³/mol. The Bertz CT molecular complexity index is 1840. The van der Waals surface area contributed by atoms with Crippen molar-refractivity contribution in [1.82, 2.24) is 20.1 Å². The molecule has 0 spiro atoms. The Balaban J connectivity index is 1.21. The molecule has 0 unspecified atom stereocenters. The second-order valence-electron chi connectivity index (χ2n) is 14.7. The average Bonchev–Trinajstić information content (AvgIpc) is 3.70. The van der Waals surface area contributed by atoms with Gasteiger partial charge in [-0.25, -0.2) is 9.78 Å². The molecule has 4 aliphatic rings. The molecule has 5 atom stereocenters. The van der Waals surface area contributed by atoms with E-state index >= 15 is 0 Å². The quantitative estimate of drug-likeness (QED) is 0.296. The number of aliphatic carboxylic acids is 1. The number of fused-ring (bicyclic) bond motifs is 3. The van der Waals surface area contributed by atoms with Gasteiger partial charge in [0.25, 0.3) is 0 Å². The van der Waals surface area contributed by atoms with Crippen LogP contribution in [0.4, 0.5) is 0 Å². The Morgan fingerprint density at radius 2 is 1.79 bits per heavy atom. The van der Waals surface area contributed by atoms with Crippen LogP contribution >= 0.6 is 0 Å². The molecule has 1 aromatic heterocycles. The number of nitrogens with zero attached hydrogens (tertiary/aromatic N) is 3. The minimum absolute atomic E-state index is 0.0234. The van der Waals surface area contributed by atoms with Crippen LogP contribution in [0.1, 0.15) is 70.6 Å². The first-order chi connectivity index (χ1) is 25.3. The van der Waals surface area contributed by atoms with E-state index in [-0.39, 0.29) is 37.1 Å². The van der Waals surface area contributed by atoms with Gasteiger partial charge in [-0.2, -0.15) is 0 Å². The van der Waals surface area contributed by atoms with E-state index in [4.69, 9.17) is 14.5 Å². The summed E-state index contributed by atoms with van der Waals surface area (Å²) in [5.74, 6) is -1.58. The SMILES string of the molecule is COc1ccc2c(O[C@@H]3C[C@H]4C(=O)N[C@]5(C(=O)O)C[C@@H]5/C=C\CCCCC[C@H](CC(=O)N5CCCCC5)C(=O)N4C3)cc(-c3ccccc3)nc2c1. The van der Waals surface area contributed by atoms with Crippen molar-refractivity contribution in [2.75, 3.05) is 26.7 Å². The molecule has 3 amide bonds. The number of allylic oxidation sites excluding steroid dienone is 1.